The lowest BCUT2D eigenvalue weighted by atomic mass is 9.96. The molecule has 136 valence electrons. The van der Waals surface area contributed by atoms with Crippen LogP contribution < -0.4 is 15.5 Å². The molecule has 0 heterocycles. The highest BCUT2D eigenvalue weighted by atomic mass is 32.1. The van der Waals surface area contributed by atoms with Gasteiger partial charge >= 0.3 is 5.69 Å². The fourth-order valence-corrected chi connectivity index (χ4v) is 2.94. The van der Waals surface area contributed by atoms with Crippen LogP contribution in [0.15, 0.2) is 17.2 Å². The first-order valence-corrected chi connectivity index (χ1v) is 8.65. The van der Waals surface area contributed by atoms with E-state index in [1.807, 2.05) is 0 Å². The average molecular weight is 366 g/mol. The van der Waals surface area contributed by atoms with Gasteiger partial charge in [0.05, 0.1) is 17.7 Å². The summed E-state index contributed by atoms with van der Waals surface area (Å²) >= 11 is 5.20. The van der Waals surface area contributed by atoms with E-state index in [0.29, 0.717) is 16.7 Å². The number of hydrogen-bond donors (Lipinski definition) is 3. The van der Waals surface area contributed by atoms with E-state index < -0.39 is 16.4 Å². The normalized spacial score (nSPS) is 15.1. The van der Waals surface area contributed by atoms with Crippen molar-refractivity contribution < 1.29 is 14.8 Å². The number of ether oxygens (including phenoxy) is 1. The maximum atomic E-state index is 11.0. The summed E-state index contributed by atoms with van der Waals surface area (Å²) in [6.07, 6.45) is 7.23. The third-order valence-corrected chi connectivity index (χ3v) is 4.10. The zero-order valence-corrected chi connectivity index (χ0v) is 14.8. The minimum atomic E-state index is -0.669. The number of nitro groups is 1. The Labute approximate surface area is 151 Å². The fourth-order valence-electron chi connectivity index (χ4n) is 2.72. The van der Waals surface area contributed by atoms with E-state index in [9.17, 15) is 15.2 Å². The molecule has 9 heteroatoms. The van der Waals surface area contributed by atoms with Crippen LogP contribution in [0, 0.1) is 10.1 Å². The smallest absolute Gasteiger partial charge is 0.315 e. The van der Waals surface area contributed by atoms with Gasteiger partial charge in [-0.3, -0.25) is 15.5 Å². The molecular weight excluding hydrogens is 344 g/mol. The van der Waals surface area contributed by atoms with E-state index in [1.54, 1.807) is 6.92 Å². The van der Waals surface area contributed by atoms with Crippen molar-refractivity contribution in [2.75, 3.05) is 6.61 Å². The van der Waals surface area contributed by atoms with Crippen molar-refractivity contribution in [3.63, 3.8) is 0 Å². The van der Waals surface area contributed by atoms with Crippen LogP contribution in [0.4, 0.5) is 5.69 Å². The Morgan fingerprint density at radius 3 is 2.84 bits per heavy atom. The third-order valence-electron chi connectivity index (χ3n) is 3.89. The summed E-state index contributed by atoms with van der Waals surface area (Å²) < 4.78 is 5.22. The van der Waals surface area contributed by atoms with Crippen molar-refractivity contribution in [3.8, 4) is 11.5 Å². The van der Waals surface area contributed by atoms with E-state index in [2.05, 4.69) is 15.8 Å². The highest BCUT2D eigenvalue weighted by molar-refractivity contribution is 7.80. The largest absolute Gasteiger partial charge is 0.500 e. The Morgan fingerprint density at radius 1 is 1.48 bits per heavy atom. The summed E-state index contributed by atoms with van der Waals surface area (Å²) in [5, 5.41) is 28.5. The van der Waals surface area contributed by atoms with Gasteiger partial charge in [0.25, 0.3) is 0 Å². The maximum absolute atomic E-state index is 11.0. The van der Waals surface area contributed by atoms with Gasteiger partial charge in [-0.25, -0.2) is 0 Å². The van der Waals surface area contributed by atoms with Crippen LogP contribution >= 0.6 is 12.2 Å². The molecule has 3 N–H and O–H groups in total. The Kier molecular flexibility index (Phi) is 6.93. The van der Waals surface area contributed by atoms with Crippen LogP contribution in [0.1, 0.15) is 44.6 Å². The predicted molar refractivity (Wildman–Crippen MR) is 99.3 cm³/mol. The second-order valence-corrected chi connectivity index (χ2v) is 6.16. The first-order valence-electron chi connectivity index (χ1n) is 8.25. The summed E-state index contributed by atoms with van der Waals surface area (Å²) in [5.74, 6) is -0.451. The van der Waals surface area contributed by atoms with Crippen LogP contribution in [-0.4, -0.2) is 34.0 Å². The number of hydrogen-bond acceptors (Lipinski definition) is 6. The van der Waals surface area contributed by atoms with Crippen molar-refractivity contribution in [2.45, 2.75) is 45.1 Å². The molecular formula is C16H22N4O4S. The number of phenolic OH excluding ortho intramolecular Hbond substituents is 1. The van der Waals surface area contributed by atoms with Crippen LogP contribution in [0.25, 0.3) is 0 Å². The molecule has 0 spiro atoms. The van der Waals surface area contributed by atoms with Crippen molar-refractivity contribution in [1.82, 2.24) is 10.7 Å². The van der Waals surface area contributed by atoms with E-state index in [0.717, 1.165) is 12.8 Å². The molecule has 0 aromatic heterocycles. The van der Waals surface area contributed by atoms with Crippen LogP contribution in [0.3, 0.4) is 0 Å². The van der Waals surface area contributed by atoms with E-state index in [-0.39, 0.29) is 12.4 Å². The van der Waals surface area contributed by atoms with E-state index >= 15 is 0 Å². The van der Waals surface area contributed by atoms with Crippen molar-refractivity contribution in [1.29, 1.82) is 0 Å². The lowest BCUT2D eigenvalue weighted by Gasteiger charge is -2.23. The minimum Gasteiger partial charge on any atom is -0.500 e. The number of nitro benzene ring substituents is 1. The maximum Gasteiger partial charge on any atom is 0.315 e. The predicted octanol–water partition coefficient (Wildman–Crippen LogP) is 2.83. The number of aromatic hydroxyl groups is 1. The zero-order valence-electron chi connectivity index (χ0n) is 14.0. The Morgan fingerprint density at radius 2 is 2.20 bits per heavy atom. The molecule has 0 atom stereocenters. The Hall–Kier alpha value is -2.42. The molecule has 0 radical (unpaired) electrons. The molecule has 1 aliphatic rings. The molecule has 0 aliphatic heterocycles. The second kappa shape index (κ2) is 9.16. The average Bonchev–Trinajstić information content (AvgIpc) is 2.58. The number of benzene rings is 1. The molecule has 1 saturated carbocycles. The quantitative estimate of drug-likeness (QED) is 0.307. The molecule has 0 bridgehead atoms. The number of thiocarbonyl (C=S) groups is 1. The molecule has 1 aromatic carbocycles. The van der Waals surface area contributed by atoms with Gasteiger partial charge in [-0.05, 0) is 38.0 Å². The van der Waals surface area contributed by atoms with Gasteiger partial charge in [0, 0.05) is 17.7 Å². The van der Waals surface area contributed by atoms with Crippen molar-refractivity contribution in [2.24, 2.45) is 5.10 Å². The molecule has 0 saturated heterocycles. The molecule has 0 unspecified atom stereocenters. The summed E-state index contributed by atoms with van der Waals surface area (Å²) in [6, 6.07) is 3.07. The summed E-state index contributed by atoms with van der Waals surface area (Å²) in [6.45, 7) is 2.00. The number of rotatable bonds is 6. The SMILES string of the molecule is CCOc1cc(/C=N/NC(=S)NC2CCCCC2)cc([N+](=O)[O-])c1O. The van der Waals surface area contributed by atoms with Gasteiger partial charge < -0.3 is 15.2 Å². The first-order chi connectivity index (χ1) is 12.0. The summed E-state index contributed by atoms with van der Waals surface area (Å²) in [7, 11) is 0. The molecule has 2 rings (SSSR count). The standard InChI is InChI=1S/C16H22N4O4S/c1-2-24-14-9-11(8-13(15(14)21)20(22)23)10-17-19-16(25)18-12-6-4-3-5-7-12/h8-10,12,21H,2-7H2,1H3,(H2,18,19,25)/b17-10+. The van der Waals surface area contributed by atoms with Crippen LogP contribution in [-0.2, 0) is 0 Å². The van der Waals surface area contributed by atoms with Crippen molar-refractivity contribution in [3.05, 3.63) is 27.8 Å². The number of hydrazone groups is 1. The first kappa shape index (κ1) is 18.9. The Bertz CT molecular complexity index is 660. The van der Waals surface area contributed by atoms with Crippen LogP contribution in [0.5, 0.6) is 11.5 Å². The number of nitrogens with one attached hydrogen (secondary N) is 2. The molecule has 25 heavy (non-hydrogen) atoms. The van der Waals surface area contributed by atoms with Crippen molar-refractivity contribution >= 4 is 29.2 Å². The fraction of sp³-hybridized carbons (Fsp3) is 0.500. The molecule has 1 fully saturated rings. The highest BCUT2D eigenvalue weighted by Crippen LogP contribution is 2.36. The minimum absolute atomic E-state index is 0.0426. The number of phenols is 1. The summed E-state index contributed by atoms with van der Waals surface area (Å²) in [5.41, 5.74) is 2.69. The van der Waals surface area contributed by atoms with E-state index in [4.69, 9.17) is 17.0 Å². The lowest BCUT2D eigenvalue weighted by Crippen LogP contribution is -2.40. The molecule has 1 aromatic rings. The number of nitrogens with zero attached hydrogens (tertiary/aromatic N) is 2. The zero-order chi connectivity index (χ0) is 18.2. The summed E-state index contributed by atoms with van der Waals surface area (Å²) in [4.78, 5) is 10.4. The monoisotopic (exact) mass is 366 g/mol. The van der Waals surface area contributed by atoms with Gasteiger partial charge in [-0.1, -0.05) is 19.3 Å². The molecule has 0 amide bonds. The van der Waals surface area contributed by atoms with Gasteiger partial charge in [0.1, 0.15) is 0 Å². The molecule has 8 nitrogen and oxygen atoms in total. The highest BCUT2D eigenvalue weighted by Gasteiger charge is 2.19. The van der Waals surface area contributed by atoms with Gasteiger partial charge in [-0.15, -0.1) is 0 Å². The van der Waals surface area contributed by atoms with Crippen LogP contribution in [0.2, 0.25) is 0 Å². The second-order valence-electron chi connectivity index (χ2n) is 5.76. The molecule has 1 aliphatic carbocycles. The lowest BCUT2D eigenvalue weighted by molar-refractivity contribution is -0.386. The van der Waals surface area contributed by atoms with Gasteiger partial charge in [-0.2, -0.15) is 5.10 Å². The van der Waals surface area contributed by atoms with Gasteiger partial charge in [0.2, 0.25) is 5.75 Å². The third kappa shape index (κ3) is 5.56. The topological polar surface area (TPSA) is 109 Å². The van der Waals surface area contributed by atoms with E-state index in [1.165, 1.54) is 37.6 Å². The van der Waals surface area contributed by atoms with Gasteiger partial charge in [0.15, 0.2) is 10.9 Å². The Balaban J connectivity index is 2.01.